The van der Waals surface area contributed by atoms with E-state index in [9.17, 15) is 5.11 Å². The number of benzene rings is 1. The second-order valence-electron chi connectivity index (χ2n) is 5.03. The Labute approximate surface area is 114 Å². The van der Waals surface area contributed by atoms with Crippen molar-refractivity contribution < 1.29 is 5.11 Å². The van der Waals surface area contributed by atoms with E-state index in [0.29, 0.717) is 12.3 Å². The third-order valence-electron chi connectivity index (χ3n) is 3.36. The fourth-order valence-corrected chi connectivity index (χ4v) is 2.10. The molecule has 19 heavy (non-hydrogen) atoms. The van der Waals surface area contributed by atoms with Crippen LogP contribution in [0.1, 0.15) is 49.7 Å². The first kappa shape index (κ1) is 13.7. The zero-order valence-corrected chi connectivity index (χ0v) is 11.7. The van der Waals surface area contributed by atoms with Gasteiger partial charge in [-0.25, -0.2) is 4.98 Å². The lowest BCUT2D eigenvalue weighted by molar-refractivity contribution is 0.174. The minimum atomic E-state index is -0.532. The van der Waals surface area contributed by atoms with Crippen molar-refractivity contribution in [3.8, 4) is 0 Å². The SMILES string of the molecule is CCn1ncnc1CC(O)c1ccc(C(C)C)cc1. The van der Waals surface area contributed by atoms with Crippen LogP contribution in [0.25, 0.3) is 0 Å². The molecule has 0 aliphatic heterocycles. The van der Waals surface area contributed by atoms with Crippen LogP contribution in [0, 0.1) is 0 Å². The Morgan fingerprint density at radius 1 is 1.16 bits per heavy atom. The predicted octanol–water partition coefficient (Wildman–Crippen LogP) is 2.70. The van der Waals surface area contributed by atoms with Gasteiger partial charge in [0.25, 0.3) is 0 Å². The Kier molecular flexibility index (Phi) is 4.32. The standard InChI is InChI=1S/C15H21N3O/c1-4-18-15(16-10-17-18)9-14(19)13-7-5-12(6-8-13)11(2)3/h5-8,10-11,14,19H,4,9H2,1-3H3. The monoisotopic (exact) mass is 259 g/mol. The second kappa shape index (κ2) is 5.97. The summed E-state index contributed by atoms with van der Waals surface area (Å²) in [6.45, 7) is 7.11. The first-order chi connectivity index (χ1) is 9.11. The van der Waals surface area contributed by atoms with Crippen molar-refractivity contribution in [1.82, 2.24) is 14.8 Å². The molecule has 1 N–H and O–H groups in total. The average Bonchev–Trinajstić information content (AvgIpc) is 2.86. The summed E-state index contributed by atoms with van der Waals surface area (Å²) in [5, 5.41) is 14.4. The summed E-state index contributed by atoms with van der Waals surface area (Å²) >= 11 is 0. The Hall–Kier alpha value is -1.68. The summed E-state index contributed by atoms with van der Waals surface area (Å²) in [7, 11) is 0. The molecule has 2 aromatic rings. The van der Waals surface area contributed by atoms with E-state index in [-0.39, 0.29) is 0 Å². The Morgan fingerprint density at radius 2 is 1.79 bits per heavy atom. The van der Waals surface area contributed by atoms with Crippen molar-refractivity contribution in [2.24, 2.45) is 0 Å². The Bertz CT molecular complexity index is 516. The molecule has 0 fully saturated rings. The molecule has 1 aromatic carbocycles. The van der Waals surface area contributed by atoms with Gasteiger partial charge in [0.1, 0.15) is 12.2 Å². The highest BCUT2D eigenvalue weighted by Crippen LogP contribution is 2.20. The first-order valence-electron chi connectivity index (χ1n) is 6.76. The highest BCUT2D eigenvalue weighted by atomic mass is 16.3. The van der Waals surface area contributed by atoms with Crippen LogP contribution in [-0.4, -0.2) is 19.9 Å². The zero-order chi connectivity index (χ0) is 13.8. The number of aliphatic hydroxyl groups excluding tert-OH is 1. The molecule has 4 heteroatoms. The van der Waals surface area contributed by atoms with Crippen LogP contribution >= 0.6 is 0 Å². The number of rotatable bonds is 5. The van der Waals surface area contributed by atoms with Crippen LogP contribution < -0.4 is 0 Å². The summed E-state index contributed by atoms with van der Waals surface area (Å²) in [6.07, 6.45) is 1.50. The molecule has 0 aliphatic carbocycles. The van der Waals surface area contributed by atoms with Gasteiger partial charge < -0.3 is 5.11 Å². The van der Waals surface area contributed by atoms with Crippen LogP contribution in [0.5, 0.6) is 0 Å². The van der Waals surface area contributed by atoms with Crippen molar-refractivity contribution >= 4 is 0 Å². The molecular formula is C15H21N3O. The predicted molar refractivity (Wildman–Crippen MR) is 74.9 cm³/mol. The molecule has 0 bridgehead atoms. The third-order valence-corrected chi connectivity index (χ3v) is 3.36. The zero-order valence-electron chi connectivity index (χ0n) is 11.7. The van der Waals surface area contributed by atoms with Crippen LogP contribution in [0.15, 0.2) is 30.6 Å². The van der Waals surface area contributed by atoms with Crippen molar-refractivity contribution in [3.05, 3.63) is 47.5 Å². The molecule has 4 nitrogen and oxygen atoms in total. The number of aromatic nitrogens is 3. The Morgan fingerprint density at radius 3 is 2.37 bits per heavy atom. The van der Waals surface area contributed by atoms with Gasteiger partial charge in [-0.05, 0) is 24.0 Å². The molecular weight excluding hydrogens is 238 g/mol. The highest BCUT2D eigenvalue weighted by molar-refractivity contribution is 5.26. The van der Waals surface area contributed by atoms with Gasteiger partial charge in [0, 0.05) is 13.0 Å². The molecule has 102 valence electrons. The lowest BCUT2D eigenvalue weighted by Crippen LogP contribution is -2.09. The number of nitrogens with zero attached hydrogens (tertiary/aromatic N) is 3. The lowest BCUT2D eigenvalue weighted by atomic mass is 9.99. The normalized spacial score (nSPS) is 12.9. The van der Waals surface area contributed by atoms with Gasteiger partial charge >= 0.3 is 0 Å². The maximum Gasteiger partial charge on any atom is 0.138 e. The van der Waals surface area contributed by atoms with Gasteiger partial charge in [0.2, 0.25) is 0 Å². The van der Waals surface area contributed by atoms with E-state index < -0.39 is 6.10 Å². The van der Waals surface area contributed by atoms with Crippen molar-refractivity contribution in [1.29, 1.82) is 0 Å². The minimum absolute atomic E-state index is 0.495. The van der Waals surface area contributed by atoms with Gasteiger partial charge in [0.15, 0.2) is 0 Å². The second-order valence-corrected chi connectivity index (χ2v) is 5.03. The number of aryl methyl sites for hydroxylation is 1. The van der Waals surface area contributed by atoms with Gasteiger partial charge in [-0.2, -0.15) is 5.10 Å². The van der Waals surface area contributed by atoms with Crippen LogP contribution in [0.4, 0.5) is 0 Å². The molecule has 0 saturated carbocycles. The molecule has 0 amide bonds. The summed E-state index contributed by atoms with van der Waals surface area (Å²) in [5.41, 5.74) is 2.21. The molecule has 1 aromatic heterocycles. The smallest absolute Gasteiger partial charge is 0.138 e. The fourth-order valence-electron chi connectivity index (χ4n) is 2.10. The molecule has 0 saturated heterocycles. The largest absolute Gasteiger partial charge is 0.388 e. The third kappa shape index (κ3) is 3.20. The molecule has 1 atom stereocenters. The summed E-state index contributed by atoms with van der Waals surface area (Å²) < 4.78 is 1.81. The van der Waals surface area contributed by atoms with E-state index in [1.54, 1.807) is 0 Å². The molecule has 1 unspecified atom stereocenters. The number of hydrogen-bond donors (Lipinski definition) is 1. The van der Waals surface area contributed by atoms with Crippen LogP contribution in [-0.2, 0) is 13.0 Å². The van der Waals surface area contributed by atoms with Gasteiger partial charge in [0.05, 0.1) is 6.10 Å². The van der Waals surface area contributed by atoms with E-state index in [4.69, 9.17) is 0 Å². The van der Waals surface area contributed by atoms with Crippen molar-refractivity contribution in [2.75, 3.05) is 0 Å². The maximum absolute atomic E-state index is 10.3. The summed E-state index contributed by atoms with van der Waals surface area (Å²) in [5.74, 6) is 1.33. The van der Waals surface area contributed by atoms with Gasteiger partial charge in [-0.1, -0.05) is 38.1 Å². The van der Waals surface area contributed by atoms with Crippen LogP contribution in [0.3, 0.4) is 0 Å². The molecule has 0 radical (unpaired) electrons. The molecule has 1 heterocycles. The topological polar surface area (TPSA) is 50.9 Å². The summed E-state index contributed by atoms with van der Waals surface area (Å²) in [4.78, 5) is 4.19. The number of hydrogen-bond acceptors (Lipinski definition) is 3. The summed E-state index contributed by atoms with van der Waals surface area (Å²) in [6, 6.07) is 8.14. The Balaban J connectivity index is 2.09. The number of aliphatic hydroxyl groups is 1. The average molecular weight is 259 g/mol. The van der Waals surface area contributed by atoms with Gasteiger partial charge in [-0.15, -0.1) is 0 Å². The van der Waals surface area contributed by atoms with Crippen molar-refractivity contribution in [3.63, 3.8) is 0 Å². The quantitative estimate of drug-likeness (QED) is 0.898. The first-order valence-corrected chi connectivity index (χ1v) is 6.76. The molecule has 2 rings (SSSR count). The minimum Gasteiger partial charge on any atom is -0.388 e. The van der Waals surface area contributed by atoms with E-state index in [0.717, 1.165) is 17.9 Å². The van der Waals surface area contributed by atoms with Crippen molar-refractivity contribution in [2.45, 2.75) is 45.8 Å². The van der Waals surface area contributed by atoms with E-state index in [1.807, 2.05) is 23.7 Å². The van der Waals surface area contributed by atoms with E-state index in [1.165, 1.54) is 11.9 Å². The fraction of sp³-hybridized carbons (Fsp3) is 0.467. The van der Waals surface area contributed by atoms with E-state index in [2.05, 4.69) is 36.1 Å². The maximum atomic E-state index is 10.3. The van der Waals surface area contributed by atoms with Gasteiger partial charge in [-0.3, -0.25) is 4.68 Å². The van der Waals surface area contributed by atoms with E-state index >= 15 is 0 Å². The molecule has 0 spiro atoms. The highest BCUT2D eigenvalue weighted by Gasteiger charge is 2.13. The lowest BCUT2D eigenvalue weighted by Gasteiger charge is -2.12. The van der Waals surface area contributed by atoms with Crippen LogP contribution in [0.2, 0.25) is 0 Å². The molecule has 0 aliphatic rings.